The third-order valence-corrected chi connectivity index (χ3v) is 3.83. The number of benzene rings is 1. The van der Waals surface area contributed by atoms with Crippen LogP contribution in [0.5, 0.6) is 5.75 Å². The first-order valence-corrected chi connectivity index (χ1v) is 6.33. The number of Topliss-reactive ketones (excluding diaryl/α,β-unsaturated/α-hetero) is 1. The second kappa shape index (κ2) is 5.10. The number of rotatable bonds is 2. The summed E-state index contributed by atoms with van der Waals surface area (Å²) in [6.07, 6.45) is 0.706. The van der Waals surface area contributed by atoms with Crippen molar-refractivity contribution in [2.45, 2.75) is 12.8 Å². The normalized spacial score (nSPS) is 18.2. The van der Waals surface area contributed by atoms with E-state index in [-0.39, 0.29) is 24.1 Å². The Labute approximate surface area is 113 Å². The molecule has 4 nitrogen and oxygen atoms in total. The van der Waals surface area contributed by atoms with E-state index in [0.717, 1.165) is 10.0 Å². The Hall–Kier alpha value is -1.36. The molecule has 96 valence electrons. The van der Waals surface area contributed by atoms with E-state index in [4.69, 9.17) is 9.47 Å². The lowest BCUT2D eigenvalue weighted by Gasteiger charge is -2.23. The van der Waals surface area contributed by atoms with E-state index >= 15 is 0 Å². The van der Waals surface area contributed by atoms with Gasteiger partial charge < -0.3 is 9.47 Å². The molecule has 1 aromatic carbocycles. The highest BCUT2D eigenvalue weighted by molar-refractivity contribution is 9.10. The van der Waals surface area contributed by atoms with E-state index in [1.54, 1.807) is 19.2 Å². The van der Waals surface area contributed by atoms with Gasteiger partial charge in [-0.3, -0.25) is 9.59 Å². The highest BCUT2D eigenvalue weighted by atomic mass is 79.9. The molecule has 1 aromatic rings. The zero-order valence-electron chi connectivity index (χ0n) is 10.2. The highest BCUT2D eigenvalue weighted by Gasteiger charge is 2.32. The molecule has 1 aliphatic carbocycles. The number of hydrogen-bond donors (Lipinski definition) is 0. The van der Waals surface area contributed by atoms with Crippen LogP contribution in [-0.2, 0) is 16.0 Å². The van der Waals surface area contributed by atoms with Gasteiger partial charge in [0.05, 0.1) is 20.1 Å². The summed E-state index contributed by atoms with van der Waals surface area (Å²) in [7, 11) is 2.89. The van der Waals surface area contributed by atoms with E-state index in [0.29, 0.717) is 17.7 Å². The fraction of sp³-hybridized carbons (Fsp3) is 0.385. The maximum Gasteiger partial charge on any atom is 0.309 e. The fourth-order valence-corrected chi connectivity index (χ4v) is 2.77. The maximum atomic E-state index is 12.1. The van der Waals surface area contributed by atoms with Gasteiger partial charge in [0.2, 0.25) is 0 Å². The van der Waals surface area contributed by atoms with Gasteiger partial charge in [-0.15, -0.1) is 0 Å². The summed E-state index contributed by atoms with van der Waals surface area (Å²) in [5.41, 5.74) is 1.48. The summed E-state index contributed by atoms with van der Waals surface area (Å²) in [4.78, 5) is 23.6. The van der Waals surface area contributed by atoms with Crippen LogP contribution >= 0.6 is 15.9 Å². The molecule has 0 radical (unpaired) electrons. The van der Waals surface area contributed by atoms with Gasteiger partial charge in [-0.05, 0) is 24.1 Å². The average molecular weight is 313 g/mol. The number of halogens is 1. The van der Waals surface area contributed by atoms with E-state index in [1.165, 1.54) is 7.11 Å². The summed E-state index contributed by atoms with van der Waals surface area (Å²) in [5.74, 6) is -0.145. The van der Waals surface area contributed by atoms with E-state index in [2.05, 4.69) is 15.9 Å². The molecule has 1 unspecified atom stereocenters. The van der Waals surface area contributed by atoms with E-state index in [1.807, 2.05) is 0 Å². The SMILES string of the molecule is COC(=O)C1CC(=O)c2cc(OC)cc(Br)c2C1. The molecule has 0 saturated carbocycles. The van der Waals surface area contributed by atoms with Crippen LogP contribution in [0, 0.1) is 5.92 Å². The minimum atomic E-state index is -0.389. The van der Waals surface area contributed by atoms with Gasteiger partial charge in [0.15, 0.2) is 5.78 Å². The predicted molar refractivity (Wildman–Crippen MR) is 68.9 cm³/mol. The number of methoxy groups -OCH3 is 2. The molecule has 0 fully saturated rings. The topological polar surface area (TPSA) is 52.6 Å². The van der Waals surface area contributed by atoms with Crippen molar-refractivity contribution in [3.8, 4) is 5.75 Å². The molecule has 0 spiro atoms. The van der Waals surface area contributed by atoms with E-state index < -0.39 is 0 Å². The molecule has 0 bridgehead atoms. The molecule has 2 rings (SSSR count). The van der Waals surface area contributed by atoms with Crippen molar-refractivity contribution < 1.29 is 19.1 Å². The monoisotopic (exact) mass is 312 g/mol. The Bertz CT molecular complexity index is 510. The second-order valence-corrected chi connectivity index (χ2v) is 5.04. The maximum absolute atomic E-state index is 12.1. The fourth-order valence-electron chi connectivity index (χ4n) is 2.17. The van der Waals surface area contributed by atoms with Crippen molar-refractivity contribution in [3.63, 3.8) is 0 Å². The first-order chi connectivity index (χ1) is 8.56. The highest BCUT2D eigenvalue weighted by Crippen LogP contribution is 2.34. The standard InChI is InChI=1S/C13H13BrO4/c1-17-8-5-10-9(11(14)6-8)3-7(4-12(10)15)13(16)18-2/h5-7H,3-4H2,1-2H3. The van der Waals surface area contributed by atoms with Gasteiger partial charge in [0.1, 0.15) is 5.75 Å². The van der Waals surface area contributed by atoms with Gasteiger partial charge in [0, 0.05) is 16.5 Å². The minimum Gasteiger partial charge on any atom is -0.497 e. The average Bonchev–Trinajstić information content (AvgIpc) is 2.38. The lowest BCUT2D eigenvalue weighted by atomic mass is 9.83. The van der Waals surface area contributed by atoms with Crippen LogP contribution in [0.1, 0.15) is 22.3 Å². The molecule has 0 heterocycles. The third kappa shape index (κ3) is 2.27. The Kier molecular flexibility index (Phi) is 3.71. The number of esters is 1. The number of fused-ring (bicyclic) bond motifs is 1. The molecule has 0 N–H and O–H groups in total. The number of hydrogen-bond acceptors (Lipinski definition) is 4. The zero-order chi connectivity index (χ0) is 13.3. The van der Waals surface area contributed by atoms with Gasteiger partial charge >= 0.3 is 5.97 Å². The van der Waals surface area contributed by atoms with Gasteiger partial charge in [0.25, 0.3) is 0 Å². The van der Waals surface area contributed by atoms with Crippen molar-refractivity contribution in [1.29, 1.82) is 0 Å². The largest absolute Gasteiger partial charge is 0.497 e. The van der Waals surface area contributed by atoms with Crippen molar-refractivity contribution in [1.82, 2.24) is 0 Å². The van der Waals surface area contributed by atoms with Crippen molar-refractivity contribution in [3.05, 3.63) is 27.7 Å². The molecule has 5 heteroatoms. The summed E-state index contributed by atoms with van der Waals surface area (Å²) < 4.78 is 10.6. The van der Waals surface area contributed by atoms with Crippen LogP contribution in [0.25, 0.3) is 0 Å². The second-order valence-electron chi connectivity index (χ2n) is 4.19. The minimum absolute atomic E-state index is 0.0498. The Morgan fingerprint density at radius 1 is 1.33 bits per heavy atom. The summed E-state index contributed by atoms with van der Waals surface area (Å²) >= 11 is 3.42. The zero-order valence-corrected chi connectivity index (χ0v) is 11.7. The first kappa shape index (κ1) is 13.1. The molecule has 0 aromatic heterocycles. The molecule has 18 heavy (non-hydrogen) atoms. The van der Waals surface area contributed by atoms with Crippen LogP contribution < -0.4 is 4.74 Å². The van der Waals surface area contributed by atoms with E-state index in [9.17, 15) is 9.59 Å². The van der Waals surface area contributed by atoms with Crippen LogP contribution in [0.2, 0.25) is 0 Å². The molecular weight excluding hydrogens is 300 g/mol. The lowest BCUT2D eigenvalue weighted by molar-refractivity contribution is -0.145. The lowest BCUT2D eigenvalue weighted by Crippen LogP contribution is -2.27. The number of ether oxygens (including phenoxy) is 2. The molecule has 0 saturated heterocycles. The van der Waals surface area contributed by atoms with Crippen molar-refractivity contribution in [2.75, 3.05) is 14.2 Å². The summed E-state index contributed by atoms with van der Waals surface area (Å²) in [6, 6.07) is 3.52. The first-order valence-electron chi connectivity index (χ1n) is 5.54. The van der Waals surface area contributed by atoms with Gasteiger partial charge in [-0.2, -0.15) is 0 Å². The van der Waals surface area contributed by atoms with Crippen LogP contribution in [0.3, 0.4) is 0 Å². The van der Waals surface area contributed by atoms with Gasteiger partial charge in [-0.1, -0.05) is 15.9 Å². The van der Waals surface area contributed by atoms with Crippen LogP contribution in [-0.4, -0.2) is 26.0 Å². The van der Waals surface area contributed by atoms with Crippen LogP contribution in [0.4, 0.5) is 0 Å². The Morgan fingerprint density at radius 3 is 2.67 bits per heavy atom. The molecule has 0 amide bonds. The molecule has 1 atom stereocenters. The number of carbonyl (C=O) groups is 2. The predicted octanol–water partition coefficient (Wildman–Crippen LogP) is 2.38. The quantitative estimate of drug-likeness (QED) is 0.787. The Morgan fingerprint density at radius 2 is 2.06 bits per heavy atom. The smallest absolute Gasteiger partial charge is 0.309 e. The van der Waals surface area contributed by atoms with Crippen LogP contribution in [0.15, 0.2) is 16.6 Å². The van der Waals surface area contributed by atoms with Gasteiger partial charge in [-0.25, -0.2) is 0 Å². The summed E-state index contributed by atoms with van der Waals surface area (Å²) in [6.45, 7) is 0. The summed E-state index contributed by atoms with van der Waals surface area (Å²) in [5, 5.41) is 0. The molecular formula is C13H13BrO4. The van der Waals surface area contributed by atoms with Crippen molar-refractivity contribution in [2.24, 2.45) is 5.92 Å². The number of ketones is 1. The Balaban J connectivity index is 2.42. The third-order valence-electron chi connectivity index (χ3n) is 3.12. The number of carbonyl (C=O) groups excluding carboxylic acids is 2. The molecule has 0 aliphatic heterocycles. The molecule has 1 aliphatic rings. The van der Waals surface area contributed by atoms with Crippen molar-refractivity contribution >= 4 is 27.7 Å².